The number of anilines is 1. The molecule has 7 atom stereocenters. The third kappa shape index (κ3) is 7.73. The Morgan fingerprint density at radius 3 is 2.47 bits per heavy atom. The van der Waals surface area contributed by atoms with Gasteiger partial charge < -0.3 is 34.4 Å². The molecule has 1 aromatic heterocycles. The van der Waals surface area contributed by atoms with E-state index >= 15 is 0 Å². The summed E-state index contributed by atoms with van der Waals surface area (Å²) < 4.78 is 23.5. The van der Waals surface area contributed by atoms with Gasteiger partial charge in [-0.3, -0.25) is 10.2 Å². The van der Waals surface area contributed by atoms with Gasteiger partial charge in [0, 0.05) is 42.4 Å². The van der Waals surface area contributed by atoms with Crippen LogP contribution in [0.3, 0.4) is 0 Å². The van der Waals surface area contributed by atoms with Gasteiger partial charge in [-0.25, -0.2) is 9.80 Å². The second kappa shape index (κ2) is 14.6. The van der Waals surface area contributed by atoms with Crippen LogP contribution in [0.5, 0.6) is 0 Å². The summed E-state index contributed by atoms with van der Waals surface area (Å²) in [4.78, 5) is 31.5. The lowest BCUT2D eigenvalue weighted by Gasteiger charge is -2.31. The minimum atomic E-state index is -1.08. The first kappa shape index (κ1) is 33.0. The normalized spacial score (nSPS) is 23.8. The summed E-state index contributed by atoms with van der Waals surface area (Å²) in [6.07, 6.45) is -0.923. The Bertz CT molecular complexity index is 1740. The first-order chi connectivity index (χ1) is 23.8. The topological polar surface area (TPSA) is 147 Å². The molecule has 1 aliphatic carbocycles. The Labute approximate surface area is 285 Å². The number of ether oxygens (including phenoxy) is 3. The molecule has 4 aromatic rings. The average molecular weight is 670 g/mol. The molecule has 2 bridgehead atoms. The van der Waals surface area contributed by atoms with Crippen molar-refractivity contribution in [3.8, 4) is 0 Å². The maximum absolute atomic E-state index is 13.6. The Hall–Kier alpha value is -4.49. The zero-order valence-electron chi connectivity index (χ0n) is 27.7. The fourth-order valence-corrected chi connectivity index (χ4v) is 7.20. The van der Waals surface area contributed by atoms with Crippen LogP contribution >= 0.6 is 0 Å². The molecule has 1 saturated carbocycles. The smallest absolute Gasteiger partial charge is 0.407 e. The van der Waals surface area contributed by atoms with Crippen molar-refractivity contribution in [3.05, 3.63) is 95.6 Å². The van der Waals surface area contributed by atoms with E-state index in [0.29, 0.717) is 48.9 Å². The van der Waals surface area contributed by atoms with E-state index in [1.807, 2.05) is 74.5 Å². The summed E-state index contributed by atoms with van der Waals surface area (Å²) in [5.41, 5.74) is 6.33. The second-order valence-corrected chi connectivity index (χ2v) is 13.5. The van der Waals surface area contributed by atoms with Crippen LogP contribution in [0.1, 0.15) is 41.8 Å². The summed E-state index contributed by atoms with van der Waals surface area (Å²) in [6, 6.07) is 24.2. The minimum absolute atomic E-state index is 0.0194. The Balaban J connectivity index is 1.07. The molecule has 3 fully saturated rings. The van der Waals surface area contributed by atoms with Crippen molar-refractivity contribution in [2.45, 2.75) is 63.8 Å². The predicted molar refractivity (Wildman–Crippen MR) is 181 cm³/mol. The molecular formula is C37H43N5O7. The predicted octanol–water partition coefficient (Wildman–Crippen LogP) is 4.50. The average Bonchev–Trinajstić information content (AvgIpc) is 3.76. The Morgan fingerprint density at radius 2 is 1.71 bits per heavy atom. The summed E-state index contributed by atoms with van der Waals surface area (Å²) >= 11 is 0. The molecule has 5 unspecified atom stereocenters. The number of alkyl carbamates (subject to hydrolysis) is 1. The van der Waals surface area contributed by atoms with Gasteiger partial charge in [0.2, 0.25) is 0 Å². The molecule has 3 heterocycles. The third-order valence-corrected chi connectivity index (χ3v) is 9.54. The lowest BCUT2D eigenvalue weighted by atomic mass is 9.98. The number of benzene rings is 3. The number of oxazole rings is 1. The second-order valence-electron chi connectivity index (χ2n) is 13.5. The van der Waals surface area contributed by atoms with Crippen molar-refractivity contribution in [1.82, 2.24) is 20.7 Å². The van der Waals surface area contributed by atoms with Crippen LogP contribution < -0.4 is 16.1 Å². The molecule has 2 aliphatic heterocycles. The molecule has 0 radical (unpaired) electrons. The van der Waals surface area contributed by atoms with E-state index in [-0.39, 0.29) is 48.6 Å². The first-order valence-electron chi connectivity index (χ1n) is 17.0. The monoisotopic (exact) mass is 669 g/mol. The molecule has 2 amide bonds. The fourth-order valence-electron chi connectivity index (χ4n) is 7.20. The van der Waals surface area contributed by atoms with E-state index < -0.39 is 18.2 Å². The molecule has 258 valence electrons. The van der Waals surface area contributed by atoms with Crippen molar-refractivity contribution < 1.29 is 33.3 Å². The van der Waals surface area contributed by atoms with E-state index in [0.717, 1.165) is 17.5 Å². The number of aromatic nitrogens is 1. The molecule has 49 heavy (non-hydrogen) atoms. The molecule has 0 spiro atoms. The number of fused-ring (bicyclic) bond motifs is 2. The van der Waals surface area contributed by atoms with Gasteiger partial charge in [-0.15, -0.1) is 0 Å². The standard InChI is InChI=1S/C37H43N5O7/c1-22(2)38-36-39-29-14-13-25(17-32(29)48-36)34(44)41-42(18-24-11-7-4-8-12-24)19-31(43)30(15-23-9-5-3-6-10-23)40-37(45)49-33-26-16-27-28(33)21-47-35(27)46-20-26/h3-14,17,22,26-28,30-31,33,35,43H,15-16,18-21H2,1-2H3,(H,38,39)(H,40,45)(H,41,44)/t26?,27?,28?,30-,31-,33?,35?/m0/s1. The maximum atomic E-state index is 13.6. The van der Waals surface area contributed by atoms with Gasteiger partial charge >= 0.3 is 6.09 Å². The van der Waals surface area contributed by atoms with Gasteiger partial charge in [-0.1, -0.05) is 60.7 Å². The number of carbonyl (C=O) groups excluding carboxylic acids is 2. The van der Waals surface area contributed by atoms with Crippen molar-refractivity contribution in [3.63, 3.8) is 0 Å². The molecule has 12 heteroatoms. The van der Waals surface area contributed by atoms with E-state index in [2.05, 4.69) is 21.0 Å². The van der Waals surface area contributed by atoms with Gasteiger partial charge in [0.1, 0.15) is 11.6 Å². The number of nitrogens with zero attached hydrogens (tertiary/aromatic N) is 2. The number of carbonyl (C=O) groups is 2. The summed E-state index contributed by atoms with van der Waals surface area (Å²) in [7, 11) is 0. The molecular weight excluding hydrogens is 626 g/mol. The molecule has 4 N–H and O–H groups in total. The number of rotatable bonds is 13. The van der Waals surface area contributed by atoms with Crippen LogP contribution in [0.15, 0.2) is 83.3 Å². The zero-order valence-corrected chi connectivity index (χ0v) is 27.7. The highest BCUT2D eigenvalue weighted by Crippen LogP contribution is 2.49. The lowest BCUT2D eigenvalue weighted by molar-refractivity contribution is -0.169. The number of nitrogens with one attached hydrogen (secondary N) is 3. The number of hydrogen-bond donors (Lipinski definition) is 4. The fraction of sp³-hybridized carbons (Fsp3) is 0.432. The summed E-state index contributed by atoms with van der Waals surface area (Å²) in [5.74, 6) is 0.0927. The van der Waals surface area contributed by atoms with Gasteiger partial charge in [-0.05, 0) is 56.0 Å². The van der Waals surface area contributed by atoms with E-state index in [1.54, 1.807) is 23.2 Å². The van der Waals surface area contributed by atoms with Gasteiger partial charge in [0.05, 0.1) is 25.4 Å². The van der Waals surface area contributed by atoms with Crippen LogP contribution in [-0.4, -0.2) is 77.4 Å². The van der Waals surface area contributed by atoms with E-state index in [9.17, 15) is 14.7 Å². The molecule has 12 nitrogen and oxygen atoms in total. The van der Waals surface area contributed by atoms with Crippen molar-refractivity contribution in [1.29, 1.82) is 0 Å². The van der Waals surface area contributed by atoms with Crippen molar-refractivity contribution >= 4 is 29.1 Å². The van der Waals surface area contributed by atoms with Gasteiger partial charge in [0.25, 0.3) is 11.9 Å². The number of hydrazine groups is 1. The van der Waals surface area contributed by atoms with Crippen LogP contribution in [0, 0.1) is 17.8 Å². The van der Waals surface area contributed by atoms with Crippen LogP contribution in [0.25, 0.3) is 11.1 Å². The number of hydrogen-bond acceptors (Lipinski definition) is 10. The van der Waals surface area contributed by atoms with Crippen LogP contribution in [-0.2, 0) is 27.2 Å². The largest absolute Gasteiger partial charge is 0.445 e. The maximum Gasteiger partial charge on any atom is 0.407 e. The van der Waals surface area contributed by atoms with Crippen molar-refractivity contribution in [2.24, 2.45) is 17.8 Å². The summed E-state index contributed by atoms with van der Waals surface area (Å²) in [5, 5.41) is 19.5. The molecule has 2 saturated heterocycles. The third-order valence-electron chi connectivity index (χ3n) is 9.54. The van der Waals surface area contributed by atoms with E-state index in [1.165, 1.54) is 0 Å². The molecule has 3 aromatic carbocycles. The highest BCUT2D eigenvalue weighted by Gasteiger charge is 2.56. The number of amides is 2. The summed E-state index contributed by atoms with van der Waals surface area (Å²) in [6.45, 7) is 5.31. The van der Waals surface area contributed by atoms with E-state index in [4.69, 9.17) is 18.6 Å². The van der Waals surface area contributed by atoms with Gasteiger partial charge in [-0.2, -0.15) is 4.98 Å². The Morgan fingerprint density at radius 1 is 0.980 bits per heavy atom. The number of aliphatic hydroxyl groups excluding tert-OH is 1. The SMILES string of the molecule is CC(C)Nc1nc2ccc(C(=O)NN(Cc3ccccc3)C[C@H](O)[C@H](Cc3ccccc3)NC(=O)OC3C4COC5OCC3C5C4)cc2o1. The van der Waals surface area contributed by atoms with Crippen LogP contribution in [0.2, 0.25) is 0 Å². The number of aliphatic hydroxyl groups is 1. The van der Waals surface area contributed by atoms with Crippen molar-refractivity contribution in [2.75, 3.05) is 25.1 Å². The molecule has 3 aliphatic rings. The zero-order chi connectivity index (χ0) is 33.9. The highest BCUT2D eigenvalue weighted by molar-refractivity contribution is 5.96. The van der Waals surface area contributed by atoms with Crippen LogP contribution in [0.4, 0.5) is 10.8 Å². The van der Waals surface area contributed by atoms with Gasteiger partial charge in [0.15, 0.2) is 11.9 Å². The highest BCUT2D eigenvalue weighted by atomic mass is 16.7. The molecule has 7 rings (SSSR count). The Kier molecular flexibility index (Phi) is 9.81. The quantitative estimate of drug-likeness (QED) is 0.150. The first-order valence-corrected chi connectivity index (χ1v) is 17.0. The minimum Gasteiger partial charge on any atom is -0.445 e. The lowest BCUT2D eigenvalue weighted by Crippen LogP contribution is -2.53.